The molecule has 0 saturated heterocycles. The lowest BCUT2D eigenvalue weighted by Crippen LogP contribution is -2.17. The fraction of sp³-hybridized carbons (Fsp3) is 0.429. The zero-order valence-electron chi connectivity index (χ0n) is 11.6. The zero-order valence-corrected chi connectivity index (χ0v) is 11.6. The zero-order chi connectivity index (χ0) is 16.2. The number of carboxylic acid groups (broad SMARTS) is 1. The van der Waals surface area contributed by atoms with E-state index in [9.17, 15) is 22.8 Å². The van der Waals surface area contributed by atoms with Crippen molar-refractivity contribution < 1.29 is 27.9 Å². The minimum Gasteiger partial charge on any atom is -0.481 e. The third kappa shape index (κ3) is 5.45. The maximum absolute atomic E-state index is 12.7. The molecule has 0 fully saturated rings. The number of amides is 1. The normalized spacial score (nSPS) is 12.8. The molecule has 4 nitrogen and oxygen atoms in total. The fourth-order valence-corrected chi connectivity index (χ4v) is 1.90. The molecule has 0 aromatic heterocycles. The van der Waals surface area contributed by atoms with E-state index >= 15 is 0 Å². The van der Waals surface area contributed by atoms with Crippen LogP contribution in [0.5, 0.6) is 0 Å². The van der Waals surface area contributed by atoms with E-state index in [4.69, 9.17) is 5.11 Å². The molecule has 0 radical (unpaired) electrons. The van der Waals surface area contributed by atoms with Gasteiger partial charge in [0.05, 0.1) is 5.56 Å². The van der Waals surface area contributed by atoms with Crippen molar-refractivity contribution in [1.82, 2.24) is 0 Å². The maximum atomic E-state index is 12.7. The number of aliphatic carboxylic acids is 1. The molecule has 1 aromatic rings. The summed E-state index contributed by atoms with van der Waals surface area (Å²) in [6.07, 6.45) is -4.72. The minimum atomic E-state index is -4.48. The van der Waals surface area contributed by atoms with Crippen LogP contribution in [0.4, 0.5) is 18.9 Å². The van der Waals surface area contributed by atoms with Gasteiger partial charge in [0.2, 0.25) is 5.91 Å². The molecule has 0 bridgehead atoms. The number of benzene rings is 1. The molecule has 1 amide bonds. The largest absolute Gasteiger partial charge is 0.481 e. The van der Waals surface area contributed by atoms with E-state index in [-0.39, 0.29) is 24.1 Å². The Hall–Kier alpha value is -2.05. The second-order valence-corrected chi connectivity index (χ2v) is 4.98. The van der Waals surface area contributed by atoms with E-state index < -0.39 is 29.5 Å². The van der Waals surface area contributed by atoms with Crippen LogP contribution in [0, 0.1) is 12.8 Å². The second-order valence-electron chi connectivity index (χ2n) is 4.98. The molecule has 1 aromatic carbocycles. The first-order valence-corrected chi connectivity index (χ1v) is 6.29. The number of hydrogen-bond donors (Lipinski definition) is 2. The summed E-state index contributed by atoms with van der Waals surface area (Å²) in [6, 6.07) is 3.53. The van der Waals surface area contributed by atoms with Crippen LogP contribution in [0.3, 0.4) is 0 Å². The van der Waals surface area contributed by atoms with Crippen LogP contribution < -0.4 is 5.32 Å². The summed E-state index contributed by atoms with van der Waals surface area (Å²) in [5.74, 6) is -1.93. The molecule has 0 heterocycles. The van der Waals surface area contributed by atoms with Gasteiger partial charge >= 0.3 is 12.1 Å². The Labute approximate surface area is 120 Å². The van der Waals surface area contributed by atoms with Crippen molar-refractivity contribution in [3.05, 3.63) is 29.3 Å². The lowest BCUT2D eigenvalue weighted by Gasteiger charge is -2.13. The summed E-state index contributed by atoms with van der Waals surface area (Å²) < 4.78 is 38.2. The number of aryl methyl sites for hydroxylation is 1. The van der Waals surface area contributed by atoms with Gasteiger partial charge in [-0.1, -0.05) is 13.0 Å². The van der Waals surface area contributed by atoms with Gasteiger partial charge in [-0.2, -0.15) is 13.2 Å². The highest BCUT2D eigenvalue weighted by atomic mass is 19.4. The molecule has 1 unspecified atom stereocenters. The molecule has 7 heteroatoms. The van der Waals surface area contributed by atoms with E-state index in [1.54, 1.807) is 6.92 Å². The Morgan fingerprint density at radius 2 is 1.90 bits per heavy atom. The number of carbonyl (C=O) groups excluding carboxylic acids is 1. The number of anilines is 1. The highest BCUT2D eigenvalue weighted by Crippen LogP contribution is 2.33. The van der Waals surface area contributed by atoms with Crippen molar-refractivity contribution in [1.29, 1.82) is 0 Å². The summed E-state index contributed by atoms with van der Waals surface area (Å²) in [6.45, 7) is 2.92. The Morgan fingerprint density at radius 3 is 2.43 bits per heavy atom. The molecule has 0 saturated carbocycles. The number of alkyl halides is 3. The first-order chi connectivity index (χ1) is 9.59. The van der Waals surface area contributed by atoms with Crippen molar-refractivity contribution in [2.45, 2.75) is 32.9 Å². The van der Waals surface area contributed by atoms with Crippen LogP contribution in [-0.4, -0.2) is 17.0 Å². The Bertz CT molecular complexity index is 541. The van der Waals surface area contributed by atoms with Crippen molar-refractivity contribution >= 4 is 17.6 Å². The molecule has 21 heavy (non-hydrogen) atoms. The third-order valence-corrected chi connectivity index (χ3v) is 2.88. The number of hydrogen-bond acceptors (Lipinski definition) is 2. The van der Waals surface area contributed by atoms with Crippen molar-refractivity contribution in [2.75, 3.05) is 5.32 Å². The number of carbonyl (C=O) groups is 2. The molecule has 0 spiro atoms. The summed E-state index contributed by atoms with van der Waals surface area (Å²) >= 11 is 0. The van der Waals surface area contributed by atoms with E-state index in [1.165, 1.54) is 19.1 Å². The van der Waals surface area contributed by atoms with Crippen molar-refractivity contribution in [2.24, 2.45) is 5.92 Å². The molecule has 1 atom stereocenters. The van der Waals surface area contributed by atoms with E-state index in [0.717, 1.165) is 6.07 Å². The van der Waals surface area contributed by atoms with Gasteiger partial charge in [-0.15, -0.1) is 0 Å². The fourth-order valence-electron chi connectivity index (χ4n) is 1.90. The number of rotatable bonds is 5. The average Bonchev–Trinajstić information content (AvgIpc) is 2.28. The molecule has 1 rings (SSSR count). The van der Waals surface area contributed by atoms with Gasteiger partial charge in [0.25, 0.3) is 0 Å². The predicted octanol–water partition coefficient (Wildman–Crippen LogP) is 3.45. The van der Waals surface area contributed by atoms with Gasteiger partial charge in [-0.3, -0.25) is 9.59 Å². The second kappa shape index (κ2) is 6.60. The summed E-state index contributed by atoms with van der Waals surface area (Å²) in [5.41, 5.74) is -0.695. The average molecular weight is 303 g/mol. The Morgan fingerprint density at radius 1 is 1.29 bits per heavy atom. The van der Waals surface area contributed by atoms with Gasteiger partial charge in [-0.25, -0.2) is 0 Å². The van der Waals surface area contributed by atoms with Gasteiger partial charge in [0.1, 0.15) is 0 Å². The first kappa shape index (κ1) is 17.0. The van der Waals surface area contributed by atoms with Crippen LogP contribution in [0.15, 0.2) is 18.2 Å². The third-order valence-electron chi connectivity index (χ3n) is 2.88. The minimum absolute atomic E-state index is 0.0421. The van der Waals surface area contributed by atoms with Gasteiger partial charge in [0.15, 0.2) is 0 Å². The predicted molar refractivity (Wildman–Crippen MR) is 70.8 cm³/mol. The Kier molecular flexibility index (Phi) is 5.34. The summed E-state index contributed by atoms with van der Waals surface area (Å²) in [5, 5.41) is 10.9. The van der Waals surface area contributed by atoms with Crippen molar-refractivity contribution in [3.8, 4) is 0 Å². The lowest BCUT2D eigenvalue weighted by molar-refractivity contribution is -0.139. The number of nitrogens with one attached hydrogen (secondary N) is 1. The van der Waals surface area contributed by atoms with Crippen LogP contribution in [0.1, 0.15) is 30.9 Å². The topological polar surface area (TPSA) is 66.4 Å². The van der Waals surface area contributed by atoms with Gasteiger partial charge in [0, 0.05) is 18.5 Å². The molecule has 2 N–H and O–H groups in total. The SMILES string of the molecule is Cc1ccc(NC(=O)CC(C)CC(=O)O)cc1C(F)(F)F. The van der Waals surface area contributed by atoms with Crippen LogP contribution >= 0.6 is 0 Å². The molecule has 0 aliphatic heterocycles. The first-order valence-electron chi connectivity index (χ1n) is 6.29. The Balaban J connectivity index is 2.75. The lowest BCUT2D eigenvalue weighted by atomic mass is 10.0. The standard InChI is InChI=1S/C14H16F3NO3/c1-8(6-13(20)21)5-12(19)18-10-4-3-9(2)11(7-10)14(15,16)17/h3-4,7-8H,5-6H2,1-2H3,(H,18,19)(H,20,21). The number of carboxylic acids is 1. The monoisotopic (exact) mass is 303 g/mol. The number of halogens is 3. The van der Waals surface area contributed by atoms with E-state index in [2.05, 4.69) is 5.32 Å². The van der Waals surface area contributed by atoms with Crippen LogP contribution in [0.25, 0.3) is 0 Å². The molecule has 116 valence electrons. The highest BCUT2D eigenvalue weighted by molar-refractivity contribution is 5.91. The molecule has 0 aliphatic carbocycles. The van der Waals surface area contributed by atoms with Crippen LogP contribution in [0.2, 0.25) is 0 Å². The van der Waals surface area contributed by atoms with Gasteiger partial charge in [-0.05, 0) is 30.5 Å². The smallest absolute Gasteiger partial charge is 0.416 e. The quantitative estimate of drug-likeness (QED) is 0.875. The summed E-state index contributed by atoms with van der Waals surface area (Å²) in [7, 11) is 0. The van der Waals surface area contributed by atoms with E-state index in [1.807, 2.05) is 0 Å². The molecular formula is C14H16F3NO3. The van der Waals surface area contributed by atoms with Crippen molar-refractivity contribution in [3.63, 3.8) is 0 Å². The highest BCUT2D eigenvalue weighted by Gasteiger charge is 2.32. The maximum Gasteiger partial charge on any atom is 0.416 e. The molecule has 0 aliphatic rings. The van der Waals surface area contributed by atoms with E-state index in [0.29, 0.717) is 0 Å². The van der Waals surface area contributed by atoms with Gasteiger partial charge < -0.3 is 10.4 Å². The van der Waals surface area contributed by atoms with Crippen LogP contribution in [-0.2, 0) is 15.8 Å². The summed E-state index contributed by atoms with van der Waals surface area (Å²) in [4.78, 5) is 22.2. The molecular weight excluding hydrogens is 287 g/mol.